The largest absolute Gasteiger partial charge is 0.511 e. The van der Waals surface area contributed by atoms with Gasteiger partial charge in [0, 0.05) is 12.8 Å². The number of rotatable bonds is 3. The monoisotopic (exact) mass is 259 g/mol. The van der Waals surface area contributed by atoms with Crippen LogP contribution in [0.25, 0.3) is 0 Å². The minimum absolute atomic E-state index is 0.0418. The molecule has 0 heterocycles. The van der Waals surface area contributed by atoms with Crippen molar-refractivity contribution in [2.75, 3.05) is 7.11 Å². The number of methoxy groups -OCH3 is 1. The Balaban J connectivity index is 2.40. The zero-order chi connectivity index (χ0) is 13.8. The van der Waals surface area contributed by atoms with E-state index < -0.39 is 0 Å². The molecule has 1 aliphatic rings. The Bertz CT molecular complexity index is 558. The van der Waals surface area contributed by atoms with E-state index in [9.17, 15) is 9.90 Å². The molecule has 0 aromatic heterocycles. The highest BCUT2D eigenvalue weighted by atomic mass is 16.5. The number of nitrogens with zero attached hydrogens (tertiary/aromatic N) is 1. The highest BCUT2D eigenvalue weighted by molar-refractivity contribution is 6.22. The smallest absolute Gasteiger partial charge is 0.168 e. The van der Waals surface area contributed by atoms with E-state index in [0.717, 1.165) is 0 Å². The Morgan fingerprint density at radius 3 is 2.74 bits per heavy atom. The average molecular weight is 259 g/mol. The summed E-state index contributed by atoms with van der Waals surface area (Å²) in [7, 11) is 1.58. The molecule has 0 unspecified atom stereocenters. The summed E-state index contributed by atoms with van der Waals surface area (Å²) in [4.78, 5) is 16.3. The van der Waals surface area contributed by atoms with Gasteiger partial charge in [-0.25, -0.2) is 4.99 Å². The van der Waals surface area contributed by atoms with Crippen LogP contribution in [0, 0.1) is 0 Å². The molecule has 0 amide bonds. The fourth-order valence-electron chi connectivity index (χ4n) is 2.20. The molecule has 0 saturated carbocycles. The molecule has 0 aliphatic heterocycles. The first kappa shape index (κ1) is 13.3. The lowest BCUT2D eigenvalue weighted by Gasteiger charge is -2.15. The van der Waals surface area contributed by atoms with Gasteiger partial charge in [0.2, 0.25) is 0 Å². The lowest BCUT2D eigenvalue weighted by atomic mass is 9.93. The first-order valence-electron chi connectivity index (χ1n) is 6.27. The van der Waals surface area contributed by atoms with Crippen LogP contribution in [-0.4, -0.2) is 23.7 Å². The van der Waals surface area contributed by atoms with E-state index in [2.05, 4.69) is 4.99 Å². The lowest BCUT2D eigenvalue weighted by Crippen LogP contribution is -2.17. The summed E-state index contributed by atoms with van der Waals surface area (Å²) >= 11 is 0. The molecule has 0 fully saturated rings. The molecule has 1 aromatic carbocycles. The summed E-state index contributed by atoms with van der Waals surface area (Å²) in [5, 5.41) is 9.86. The second-order valence-electron chi connectivity index (χ2n) is 4.47. The maximum atomic E-state index is 11.9. The van der Waals surface area contributed by atoms with E-state index in [1.54, 1.807) is 14.0 Å². The fourth-order valence-corrected chi connectivity index (χ4v) is 2.20. The second-order valence-corrected chi connectivity index (χ2v) is 4.47. The number of allylic oxidation sites excluding steroid dienone is 2. The van der Waals surface area contributed by atoms with Crippen LogP contribution in [0.1, 0.15) is 26.2 Å². The standard InChI is InChI=1S/C15H17NO3/c1-10(15-12(17)7-5-8-13(15)18)16-11-6-3-4-9-14(11)19-2/h3-4,6,9,17H,5,7-8H2,1-2H3. The van der Waals surface area contributed by atoms with E-state index >= 15 is 0 Å². The van der Waals surface area contributed by atoms with Crippen LogP contribution < -0.4 is 4.74 Å². The summed E-state index contributed by atoms with van der Waals surface area (Å²) in [6, 6.07) is 7.33. The summed E-state index contributed by atoms with van der Waals surface area (Å²) in [5.74, 6) is 0.748. The molecule has 1 N–H and O–H groups in total. The molecule has 0 spiro atoms. The molecule has 4 heteroatoms. The molecule has 0 bridgehead atoms. The molecule has 2 rings (SSSR count). The summed E-state index contributed by atoms with van der Waals surface area (Å²) in [5.41, 5.74) is 1.55. The van der Waals surface area contributed by atoms with Gasteiger partial charge < -0.3 is 9.84 Å². The molecule has 1 aliphatic carbocycles. The Kier molecular flexibility index (Phi) is 4.00. The van der Waals surface area contributed by atoms with Gasteiger partial charge in [-0.3, -0.25) is 4.79 Å². The van der Waals surface area contributed by atoms with Gasteiger partial charge in [-0.15, -0.1) is 0 Å². The number of hydrogen-bond donors (Lipinski definition) is 1. The van der Waals surface area contributed by atoms with Crippen LogP contribution in [0.15, 0.2) is 40.6 Å². The zero-order valence-corrected chi connectivity index (χ0v) is 11.1. The number of ketones is 1. The van der Waals surface area contributed by atoms with E-state index in [-0.39, 0.29) is 11.5 Å². The molecular formula is C15H17NO3. The van der Waals surface area contributed by atoms with Crippen molar-refractivity contribution >= 4 is 17.2 Å². The van der Waals surface area contributed by atoms with Gasteiger partial charge in [-0.05, 0) is 25.5 Å². The highest BCUT2D eigenvalue weighted by Gasteiger charge is 2.22. The van der Waals surface area contributed by atoms with Crippen molar-refractivity contribution in [2.24, 2.45) is 4.99 Å². The number of aliphatic hydroxyl groups excluding tert-OH is 1. The van der Waals surface area contributed by atoms with Crippen LogP contribution in [0.5, 0.6) is 5.75 Å². The molecule has 19 heavy (non-hydrogen) atoms. The van der Waals surface area contributed by atoms with Crippen molar-refractivity contribution in [1.29, 1.82) is 0 Å². The number of aliphatic imine (C=N–C) groups is 1. The number of ether oxygens (including phenoxy) is 1. The third-order valence-electron chi connectivity index (χ3n) is 3.12. The highest BCUT2D eigenvalue weighted by Crippen LogP contribution is 2.29. The first-order valence-corrected chi connectivity index (χ1v) is 6.27. The van der Waals surface area contributed by atoms with Crippen molar-refractivity contribution in [2.45, 2.75) is 26.2 Å². The van der Waals surface area contributed by atoms with Crippen LogP contribution in [0.3, 0.4) is 0 Å². The number of benzene rings is 1. The third-order valence-corrected chi connectivity index (χ3v) is 3.12. The molecule has 0 saturated heterocycles. The molecule has 0 atom stereocenters. The lowest BCUT2D eigenvalue weighted by molar-refractivity contribution is -0.115. The third kappa shape index (κ3) is 2.84. The normalized spacial score (nSPS) is 16.7. The van der Waals surface area contributed by atoms with Gasteiger partial charge in [0.1, 0.15) is 17.2 Å². The van der Waals surface area contributed by atoms with Gasteiger partial charge in [-0.1, -0.05) is 12.1 Å². The van der Waals surface area contributed by atoms with Crippen molar-refractivity contribution in [3.05, 3.63) is 35.6 Å². The van der Waals surface area contributed by atoms with Crippen molar-refractivity contribution < 1.29 is 14.6 Å². The SMILES string of the molecule is COc1ccccc1N=C(C)C1=C(O)CCCC1=O. The van der Waals surface area contributed by atoms with Gasteiger partial charge in [-0.2, -0.15) is 0 Å². The molecule has 0 radical (unpaired) electrons. The Hall–Kier alpha value is -2.10. The first-order chi connectivity index (χ1) is 9.13. The van der Waals surface area contributed by atoms with E-state index in [1.807, 2.05) is 24.3 Å². The topological polar surface area (TPSA) is 58.9 Å². The maximum Gasteiger partial charge on any atom is 0.168 e. The number of aliphatic hydroxyl groups is 1. The number of Topliss-reactive ketones (excluding diaryl/α,β-unsaturated/α-hetero) is 1. The zero-order valence-electron chi connectivity index (χ0n) is 11.1. The van der Waals surface area contributed by atoms with Crippen LogP contribution in [0.2, 0.25) is 0 Å². The van der Waals surface area contributed by atoms with Gasteiger partial charge in [0.25, 0.3) is 0 Å². The van der Waals surface area contributed by atoms with E-state index in [0.29, 0.717) is 42.0 Å². The predicted octanol–water partition coefficient (Wildman–Crippen LogP) is 3.35. The molecule has 1 aromatic rings. The summed E-state index contributed by atoms with van der Waals surface area (Å²) < 4.78 is 5.22. The molecule has 100 valence electrons. The van der Waals surface area contributed by atoms with Crippen LogP contribution in [-0.2, 0) is 4.79 Å². The van der Waals surface area contributed by atoms with E-state index in [4.69, 9.17) is 4.74 Å². The number of carbonyl (C=O) groups excluding carboxylic acids is 1. The van der Waals surface area contributed by atoms with Crippen molar-refractivity contribution in [3.63, 3.8) is 0 Å². The van der Waals surface area contributed by atoms with Crippen LogP contribution >= 0.6 is 0 Å². The predicted molar refractivity (Wildman–Crippen MR) is 74.3 cm³/mol. The molecular weight excluding hydrogens is 242 g/mol. The average Bonchev–Trinajstić information content (AvgIpc) is 2.39. The number of carbonyl (C=O) groups is 1. The molecule has 4 nitrogen and oxygen atoms in total. The number of para-hydroxylation sites is 2. The number of hydrogen-bond acceptors (Lipinski definition) is 4. The Morgan fingerprint density at radius 1 is 1.32 bits per heavy atom. The minimum Gasteiger partial charge on any atom is -0.511 e. The minimum atomic E-state index is -0.0418. The Labute approximate surface area is 112 Å². The maximum absolute atomic E-state index is 11.9. The van der Waals surface area contributed by atoms with Gasteiger partial charge in [0.15, 0.2) is 5.78 Å². The van der Waals surface area contributed by atoms with Gasteiger partial charge >= 0.3 is 0 Å². The van der Waals surface area contributed by atoms with Gasteiger partial charge in [0.05, 0.1) is 18.4 Å². The fraction of sp³-hybridized carbons (Fsp3) is 0.333. The summed E-state index contributed by atoms with van der Waals surface area (Å²) in [6.45, 7) is 1.74. The van der Waals surface area contributed by atoms with E-state index in [1.165, 1.54) is 0 Å². The van der Waals surface area contributed by atoms with Crippen molar-refractivity contribution in [1.82, 2.24) is 0 Å². The Morgan fingerprint density at radius 2 is 2.05 bits per heavy atom. The van der Waals surface area contributed by atoms with Crippen LogP contribution in [0.4, 0.5) is 5.69 Å². The quantitative estimate of drug-likeness (QED) is 0.847. The summed E-state index contributed by atoms with van der Waals surface area (Å²) in [6.07, 6.45) is 1.72. The van der Waals surface area contributed by atoms with Crippen molar-refractivity contribution in [3.8, 4) is 5.75 Å². The second kappa shape index (κ2) is 5.69.